The second-order valence-corrected chi connectivity index (χ2v) is 21.4. The van der Waals surface area contributed by atoms with E-state index in [1.165, 1.54) is 36.9 Å². The van der Waals surface area contributed by atoms with Crippen LogP contribution < -0.4 is 10.9 Å². The molecule has 0 amide bonds. The van der Waals surface area contributed by atoms with Crippen LogP contribution in [0.25, 0.3) is 40.3 Å². The molecule has 2 nitrogen and oxygen atoms in total. The van der Waals surface area contributed by atoms with E-state index in [4.69, 9.17) is 0 Å². The molecule has 0 spiro atoms. The van der Waals surface area contributed by atoms with Crippen molar-refractivity contribution < 1.29 is 0 Å². The topological polar surface area (TPSA) is 34.1 Å². The lowest BCUT2D eigenvalue weighted by molar-refractivity contribution is 0.575. The SMILES string of the molecule is Cc1cc([S+](c2ccc3sc4ccccc4c(=O)c3c2)c2cc(C(C)(C)C)ccc2C)c(C(C)(C)C)cc1Sc1ccc2sc3ccccc3c(=O)c2c1. The van der Waals surface area contributed by atoms with Crippen molar-refractivity contribution in [1.82, 2.24) is 0 Å². The highest BCUT2D eigenvalue weighted by Crippen LogP contribution is 2.45. The fourth-order valence-corrected chi connectivity index (χ4v) is 12.8. The van der Waals surface area contributed by atoms with Crippen molar-refractivity contribution in [3.8, 4) is 0 Å². The van der Waals surface area contributed by atoms with E-state index >= 15 is 0 Å². The first kappa shape index (κ1) is 36.8. The van der Waals surface area contributed by atoms with E-state index in [-0.39, 0.29) is 21.7 Å². The molecule has 0 bridgehead atoms. The Morgan fingerprint density at radius 1 is 0.519 bits per heavy atom. The molecular weight excluding hydrogens is 737 g/mol. The molecule has 270 valence electrons. The molecule has 2 aromatic heterocycles. The summed E-state index contributed by atoms with van der Waals surface area (Å²) in [7, 11) is -0.511. The first-order valence-electron chi connectivity index (χ1n) is 18.3. The van der Waals surface area contributed by atoms with E-state index < -0.39 is 10.9 Å². The van der Waals surface area contributed by atoms with Crippen molar-refractivity contribution in [2.75, 3.05) is 0 Å². The Bertz CT molecular complexity index is 2900. The molecule has 0 N–H and O–H groups in total. The van der Waals surface area contributed by atoms with Crippen molar-refractivity contribution >= 4 is 85.7 Å². The zero-order valence-electron chi connectivity index (χ0n) is 31.9. The molecule has 0 saturated carbocycles. The Labute approximate surface area is 332 Å². The van der Waals surface area contributed by atoms with Gasteiger partial charge in [0.05, 0.1) is 10.9 Å². The summed E-state index contributed by atoms with van der Waals surface area (Å²) < 4.78 is 4.05. The molecule has 1 atom stereocenters. The Morgan fingerprint density at radius 3 is 1.70 bits per heavy atom. The molecule has 8 rings (SSSR count). The second-order valence-electron chi connectivity index (χ2n) is 16.2. The third-order valence-electron chi connectivity index (χ3n) is 10.1. The van der Waals surface area contributed by atoms with Crippen molar-refractivity contribution in [3.05, 3.63) is 158 Å². The third kappa shape index (κ3) is 6.72. The first-order chi connectivity index (χ1) is 25.7. The van der Waals surface area contributed by atoms with E-state index in [2.05, 4.69) is 122 Å². The van der Waals surface area contributed by atoms with Crippen LogP contribution in [0.15, 0.2) is 149 Å². The van der Waals surface area contributed by atoms with Crippen LogP contribution in [0.3, 0.4) is 0 Å². The summed E-state index contributed by atoms with van der Waals surface area (Å²) in [6.45, 7) is 18.1. The van der Waals surface area contributed by atoms with Gasteiger partial charge in [0.15, 0.2) is 25.5 Å². The molecule has 6 heteroatoms. The zero-order valence-corrected chi connectivity index (χ0v) is 35.2. The van der Waals surface area contributed by atoms with Crippen LogP contribution in [0, 0.1) is 13.8 Å². The molecule has 0 aliphatic rings. The van der Waals surface area contributed by atoms with Gasteiger partial charge in [-0.15, -0.1) is 22.7 Å². The normalized spacial score (nSPS) is 13.0. The third-order valence-corrected chi connectivity index (χ3v) is 16.0. The minimum absolute atomic E-state index is 0.0240. The number of aryl methyl sites for hydroxylation is 2. The van der Waals surface area contributed by atoms with Gasteiger partial charge in [-0.25, -0.2) is 0 Å². The summed E-state index contributed by atoms with van der Waals surface area (Å²) in [5.74, 6) is 0. The average molecular weight is 780 g/mol. The maximum atomic E-state index is 14.0. The molecule has 54 heavy (non-hydrogen) atoms. The van der Waals surface area contributed by atoms with Crippen molar-refractivity contribution in [3.63, 3.8) is 0 Å². The maximum absolute atomic E-state index is 14.0. The van der Waals surface area contributed by atoms with Gasteiger partial charge in [0.25, 0.3) is 0 Å². The Morgan fingerprint density at radius 2 is 1.09 bits per heavy atom. The van der Waals surface area contributed by atoms with E-state index in [0.29, 0.717) is 0 Å². The number of hydrogen-bond donors (Lipinski definition) is 0. The smallest absolute Gasteiger partial charge is 0.196 e. The van der Waals surface area contributed by atoms with Crippen LogP contribution >= 0.6 is 34.4 Å². The van der Waals surface area contributed by atoms with Crippen molar-refractivity contribution in [1.29, 1.82) is 0 Å². The van der Waals surface area contributed by atoms with Crippen LogP contribution in [-0.4, -0.2) is 0 Å². The van der Waals surface area contributed by atoms with Crippen LogP contribution in [0.1, 0.15) is 63.8 Å². The van der Waals surface area contributed by atoms with Gasteiger partial charge >= 0.3 is 0 Å². The lowest BCUT2D eigenvalue weighted by Crippen LogP contribution is -2.20. The van der Waals surface area contributed by atoms with Crippen LogP contribution in [0.2, 0.25) is 0 Å². The number of hydrogen-bond acceptors (Lipinski definition) is 5. The van der Waals surface area contributed by atoms with Gasteiger partial charge in [0.2, 0.25) is 0 Å². The van der Waals surface area contributed by atoms with E-state index in [1.807, 2.05) is 48.5 Å². The van der Waals surface area contributed by atoms with Gasteiger partial charge in [0, 0.05) is 67.3 Å². The molecule has 0 saturated heterocycles. The summed E-state index contributed by atoms with van der Waals surface area (Å²) in [6.07, 6.45) is 0. The van der Waals surface area contributed by atoms with Crippen LogP contribution in [0.4, 0.5) is 0 Å². The number of rotatable bonds is 5. The monoisotopic (exact) mass is 779 g/mol. The summed E-state index contributed by atoms with van der Waals surface area (Å²) in [5.41, 5.74) is 4.98. The average Bonchev–Trinajstić information content (AvgIpc) is 3.13. The molecule has 6 aromatic carbocycles. The molecular formula is C48H43O2S4+. The molecule has 0 aliphatic carbocycles. The second kappa shape index (κ2) is 13.8. The Kier molecular flexibility index (Phi) is 9.41. The van der Waals surface area contributed by atoms with Crippen LogP contribution in [0.5, 0.6) is 0 Å². The van der Waals surface area contributed by atoms with Gasteiger partial charge in [-0.2, -0.15) is 0 Å². The predicted octanol–water partition coefficient (Wildman–Crippen LogP) is 13.6. The molecule has 1 unspecified atom stereocenters. The fourth-order valence-electron chi connectivity index (χ4n) is 7.07. The quantitative estimate of drug-likeness (QED) is 0.129. The van der Waals surface area contributed by atoms with E-state index in [9.17, 15) is 9.59 Å². The molecule has 2 heterocycles. The molecule has 8 aromatic rings. The van der Waals surface area contributed by atoms with Gasteiger partial charge in [-0.3, -0.25) is 9.59 Å². The number of benzene rings is 6. The highest BCUT2D eigenvalue weighted by molar-refractivity contribution is 7.99. The summed E-state index contributed by atoms with van der Waals surface area (Å²) in [6, 6.07) is 40.5. The lowest BCUT2D eigenvalue weighted by atomic mass is 9.86. The van der Waals surface area contributed by atoms with Gasteiger partial charge in [0.1, 0.15) is 0 Å². The molecule has 0 radical (unpaired) electrons. The maximum Gasteiger partial charge on any atom is 0.196 e. The Balaban J connectivity index is 1.33. The van der Waals surface area contributed by atoms with E-state index in [0.717, 1.165) is 50.1 Å². The first-order valence-corrected chi connectivity index (χ1v) is 21.9. The van der Waals surface area contributed by atoms with Gasteiger partial charge < -0.3 is 0 Å². The van der Waals surface area contributed by atoms with Crippen molar-refractivity contribution in [2.45, 2.75) is 90.7 Å². The highest BCUT2D eigenvalue weighted by atomic mass is 32.2. The van der Waals surface area contributed by atoms with Crippen LogP contribution in [-0.2, 0) is 21.7 Å². The summed E-state index contributed by atoms with van der Waals surface area (Å²) in [4.78, 5) is 33.6. The van der Waals surface area contributed by atoms with Gasteiger partial charge in [-0.1, -0.05) is 89.7 Å². The molecule has 0 fully saturated rings. The largest absolute Gasteiger partial charge is 0.289 e. The minimum Gasteiger partial charge on any atom is -0.289 e. The minimum atomic E-state index is -0.511. The summed E-state index contributed by atoms with van der Waals surface area (Å²) >= 11 is 5.08. The standard InChI is InChI=1S/C48H43O2S4/c1-28-17-18-30(47(3,4)5)24-43(28)54(32-20-22-41-36(26-32)46(50)34-14-10-12-16-39(34)53-41)44-23-29(2)42(27-37(44)48(6,7)8)51-31-19-21-40-35(25-31)45(49)33-13-9-11-15-38(33)52-40/h9-27H,1-8H3/q+1. The van der Waals surface area contributed by atoms with Crippen molar-refractivity contribution in [2.24, 2.45) is 0 Å². The number of fused-ring (bicyclic) bond motifs is 4. The predicted molar refractivity (Wildman–Crippen MR) is 237 cm³/mol. The lowest BCUT2D eigenvalue weighted by Gasteiger charge is -2.25. The Hall–Kier alpha value is -4.20. The molecule has 0 aliphatic heterocycles. The van der Waals surface area contributed by atoms with E-state index in [1.54, 1.807) is 34.4 Å². The zero-order chi connectivity index (χ0) is 38.1. The van der Waals surface area contributed by atoms with Gasteiger partial charge in [-0.05, 0) is 109 Å². The highest BCUT2D eigenvalue weighted by Gasteiger charge is 2.38. The fraction of sp³-hybridized carbons (Fsp3) is 0.208. The summed E-state index contributed by atoms with van der Waals surface area (Å²) in [5, 5.41) is 3.10.